The van der Waals surface area contributed by atoms with Gasteiger partial charge in [0.2, 0.25) is 30.1 Å². The lowest BCUT2D eigenvalue weighted by Crippen LogP contribution is -2.38. The number of aliphatic carboxylic acids is 3. The third-order valence-corrected chi connectivity index (χ3v) is 25.2. The number of nitrogens with zero attached hydrogens (tertiary/aromatic N) is 6. The number of hydrogen-bond donors (Lipinski definition) is 3. The van der Waals surface area contributed by atoms with Crippen LogP contribution in [0.1, 0.15) is 108 Å². The van der Waals surface area contributed by atoms with E-state index in [0.717, 1.165) is 46.6 Å². The number of carboxylic acid groups (broad SMARTS) is 3. The average molecular weight is 1360 g/mol. The molecule has 9 aromatic rings. The lowest BCUT2D eigenvalue weighted by Gasteiger charge is -2.32. The van der Waals surface area contributed by atoms with Gasteiger partial charge in [-0.15, -0.1) is 6.42 Å². The molecular weight excluding hydrogens is 1290 g/mol. The zero-order valence-corrected chi connectivity index (χ0v) is 54.9. The Hall–Kier alpha value is -8.64. The molecule has 4 aliphatic rings. The smallest absolute Gasteiger partial charge is 0.323 e. The molecule has 4 aliphatic heterocycles. The standard InChI is InChI=1S/C24H23FN2O4S.C23H22F2N2O4S.C23H25FN2O4S/c1-3-17-4-7-20(8-5-17)32(30,31)26-12-10-18(11-13-26)24-16(2)27(15-23(28)29)22-9-6-19(25)14-21(22)24;1-13-23(18-10-15(25)4-8-20(18)26(13)12-22(28)29)19-11-16-5-9-21(19)27(16)32(30,31)17-6-2-14(24)3-7-17;1-15-5-3-4-6-21(15)31(29,30)25-11-9-17(10-12-25)23-16(2)26(14-22(27)28)20-8-7-18(24)13-19(20)23/h1,4-9,14,18H,10-13,15H2,2H3,(H,28,29);2-4,6-8,10,16,19,21H,5,9,11-12H2,1H3,(H,28,29);3-8,13,17H,9-12,14H2,1-2H3,(H,27,28). The van der Waals surface area contributed by atoms with Crippen LogP contribution in [0.2, 0.25) is 0 Å². The van der Waals surface area contributed by atoms with Crippen LogP contribution in [0.3, 0.4) is 0 Å². The summed E-state index contributed by atoms with van der Waals surface area (Å²) in [5.41, 5.74) is 8.23. The number of terminal acetylenes is 1. The molecule has 13 rings (SSSR count). The molecule has 0 radical (unpaired) electrons. The highest BCUT2D eigenvalue weighted by Crippen LogP contribution is 2.52. The van der Waals surface area contributed by atoms with E-state index in [0.29, 0.717) is 119 Å². The summed E-state index contributed by atoms with van der Waals surface area (Å²) < 4.78 is 144. The number of piperidine rings is 2. The number of sulfonamides is 3. The zero-order valence-electron chi connectivity index (χ0n) is 52.4. The second-order valence-electron chi connectivity index (χ2n) is 24.6. The summed E-state index contributed by atoms with van der Waals surface area (Å²) >= 11 is 0. The van der Waals surface area contributed by atoms with Crippen LogP contribution in [0, 0.1) is 63.3 Å². The highest BCUT2D eigenvalue weighted by Gasteiger charge is 2.53. The summed E-state index contributed by atoms with van der Waals surface area (Å²) in [5.74, 6) is -2.30. The van der Waals surface area contributed by atoms with Crippen molar-refractivity contribution >= 4 is 80.7 Å². The van der Waals surface area contributed by atoms with Crippen LogP contribution in [-0.2, 0) is 64.1 Å². The van der Waals surface area contributed by atoms with Crippen molar-refractivity contribution in [3.63, 3.8) is 0 Å². The number of halogens is 4. The Morgan fingerprint density at radius 2 is 0.874 bits per heavy atom. The third-order valence-electron chi connectivity index (χ3n) is 19.2. The fraction of sp³-hybridized carbons (Fsp3) is 0.329. The van der Waals surface area contributed by atoms with Crippen LogP contribution >= 0.6 is 0 Å². The molecule has 18 nitrogen and oxygen atoms in total. The van der Waals surface area contributed by atoms with Crippen LogP contribution in [0.5, 0.6) is 0 Å². The Bertz CT molecular complexity index is 4900. The first-order chi connectivity index (χ1) is 45.1. The highest BCUT2D eigenvalue weighted by molar-refractivity contribution is 7.89. The van der Waals surface area contributed by atoms with Gasteiger partial charge in [0, 0.05) is 99.5 Å². The first kappa shape index (κ1) is 67.8. The molecule has 0 saturated carbocycles. The first-order valence-corrected chi connectivity index (χ1v) is 35.3. The summed E-state index contributed by atoms with van der Waals surface area (Å²) in [4.78, 5) is 34.7. The SMILES string of the molecule is C#Cc1ccc(S(=O)(=O)N2CCC(c3c(C)n(CC(=O)O)c4ccc(F)cc34)CC2)cc1.Cc1c(C2CC3CCC2N3S(=O)(=O)c2ccc(F)cc2)c2cc(F)ccc2n1CC(=O)O.Cc1ccccc1S(=O)(=O)N1CCC(c2c(C)n(CC(=O)O)c3ccc(F)cc23)CC1. The lowest BCUT2D eigenvalue weighted by molar-refractivity contribution is -0.138. The molecule has 0 spiro atoms. The van der Waals surface area contributed by atoms with Gasteiger partial charge in [0.25, 0.3) is 0 Å². The van der Waals surface area contributed by atoms with Crippen molar-refractivity contribution in [1.82, 2.24) is 26.6 Å². The molecule has 4 fully saturated rings. The van der Waals surface area contributed by atoms with Gasteiger partial charge in [-0.2, -0.15) is 12.9 Å². The molecule has 6 aromatic carbocycles. The Morgan fingerprint density at radius 1 is 0.484 bits per heavy atom. The second-order valence-corrected chi connectivity index (χ2v) is 30.3. The fourth-order valence-corrected chi connectivity index (χ4v) is 20.0. The van der Waals surface area contributed by atoms with E-state index < -0.39 is 59.6 Å². The van der Waals surface area contributed by atoms with Crippen molar-refractivity contribution in [2.24, 2.45) is 0 Å². The van der Waals surface area contributed by atoms with E-state index in [1.807, 2.05) is 19.9 Å². The second kappa shape index (κ2) is 26.9. The molecule has 0 aliphatic carbocycles. The molecule has 4 saturated heterocycles. The Morgan fingerprint density at radius 3 is 1.31 bits per heavy atom. The maximum absolute atomic E-state index is 14.2. The van der Waals surface area contributed by atoms with Gasteiger partial charge in [-0.05, 0) is 216 Å². The molecule has 25 heteroatoms. The van der Waals surface area contributed by atoms with Crippen molar-refractivity contribution in [1.29, 1.82) is 0 Å². The molecule has 7 heterocycles. The minimum Gasteiger partial charge on any atom is -0.480 e. The predicted molar refractivity (Wildman–Crippen MR) is 349 cm³/mol. The third kappa shape index (κ3) is 13.2. The van der Waals surface area contributed by atoms with E-state index in [1.54, 1.807) is 76.1 Å². The predicted octanol–water partition coefficient (Wildman–Crippen LogP) is 11.8. The molecule has 3 N–H and O–H groups in total. The molecule has 2 bridgehead atoms. The molecule has 3 aromatic heterocycles. The molecule has 3 atom stereocenters. The van der Waals surface area contributed by atoms with Gasteiger partial charge in [-0.1, -0.05) is 24.1 Å². The topological polar surface area (TPSA) is 239 Å². The van der Waals surface area contributed by atoms with E-state index in [-0.39, 0.29) is 70.9 Å². The molecule has 3 unspecified atom stereocenters. The van der Waals surface area contributed by atoms with Crippen molar-refractivity contribution < 1.29 is 72.5 Å². The summed E-state index contributed by atoms with van der Waals surface area (Å²) in [6.07, 6.45) is 9.62. The highest BCUT2D eigenvalue weighted by atomic mass is 32.2. The van der Waals surface area contributed by atoms with E-state index >= 15 is 0 Å². The van der Waals surface area contributed by atoms with Gasteiger partial charge >= 0.3 is 17.9 Å². The molecule has 0 amide bonds. The molecule has 95 heavy (non-hydrogen) atoms. The normalized spacial score (nSPS) is 18.4. The summed E-state index contributed by atoms with van der Waals surface area (Å²) in [7, 11) is -11.0. The lowest BCUT2D eigenvalue weighted by atomic mass is 9.82. The monoisotopic (exact) mass is 1360 g/mol. The van der Waals surface area contributed by atoms with E-state index in [2.05, 4.69) is 5.92 Å². The van der Waals surface area contributed by atoms with Crippen molar-refractivity contribution in [3.05, 3.63) is 196 Å². The summed E-state index contributed by atoms with van der Waals surface area (Å²) in [5, 5.41) is 30.0. The average Bonchev–Trinajstić information content (AvgIpc) is 1.53. The largest absolute Gasteiger partial charge is 0.480 e. The number of hydrogen-bond acceptors (Lipinski definition) is 9. The van der Waals surface area contributed by atoms with E-state index in [1.165, 1.54) is 73.6 Å². The van der Waals surface area contributed by atoms with Gasteiger partial charge in [0.05, 0.1) is 14.7 Å². The summed E-state index contributed by atoms with van der Waals surface area (Å²) in [6, 6.07) is 30.5. The van der Waals surface area contributed by atoms with E-state index in [4.69, 9.17) is 6.42 Å². The maximum atomic E-state index is 14.2. The molecule has 498 valence electrons. The summed E-state index contributed by atoms with van der Waals surface area (Å²) in [6.45, 7) is 7.99. The van der Waals surface area contributed by atoms with Gasteiger partial charge in [-0.25, -0.2) is 42.8 Å². The fourth-order valence-electron chi connectivity index (χ4n) is 14.9. The van der Waals surface area contributed by atoms with Crippen LogP contribution in [-0.4, -0.2) is 123 Å². The van der Waals surface area contributed by atoms with Crippen LogP contribution in [0.15, 0.2) is 142 Å². The Labute approximate surface area is 547 Å². The minimum absolute atomic E-state index is 0.00427. The number of rotatable bonds is 15. The first-order valence-electron chi connectivity index (χ1n) is 31.0. The van der Waals surface area contributed by atoms with Crippen molar-refractivity contribution in [2.75, 3.05) is 26.2 Å². The number of carbonyl (C=O) groups is 3. The van der Waals surface area contributed by atoms with Gasteiger partial charge < -0.3 is 29.0 Å². The number of aromatic nitrogens is 3. The van der Waals surface area contributed by atoms with Crippen molar-refractivity contribution in [3.8, 4) is 12.3 Å². The Kier molecular flexibility index (Phi) is 19.2. The van der Waals surface area contributed by atoms with Crippen LogP contribution in [0.4, 0.5) is 17.6 Å². The van der Waals surface area contributed by atoms with Gasteiger partial charge in [-0.3, -0.25) is 14.4 Å². The quantitative estimate of drug-likeness (QED) is 0.0642. The van der Waals surface area contributed by atoms with Crippen molar-refractivity contribution in [2.45, 2.75) is 137 Å². The zero-order chi connectivity index (χ0) is 68.2. The Balaban J connectivity index is 0.000000145. The van der Waals surface area contributed by atoms with E-state index in [9.17, 15) is 72.5 Å². The number of carboxylic acids is 3. The van der Waals surface area contributed by atoms with Crippen LogP contribution in [0.25, 0.3) is 32.7 Å². The maximum Gasteiger partial charge on any atom is 0.323 e. The minimum atomic E-state index is -3.83. The van der Waals surface area contributed by atoms with Gasteiger partial charge in [0.1, 0.15) is 42.9 Å². The van der Waals surface area contributed by atoms with Gasteiger partial charge in [0.15, 0.2) is 0 Å². The number of benzene rings is 6. The number of aryl methyl sites for hydroxylation is 1. The number of fused-ring (bicyclic) bond motifs is 5. The van der Waals surface area contributed by atoms with Crippen LogP contribution < -0.4 is 0 Å². The molecular formula is C70H70F4N6O12S3.